The van der Waals surface area contributed by atoms with Crippen molar-refractivity contribution < 1.29 is 19.4 Å². The summed E-state index contributed by atoms with van der Waals surface area (Å²) in [5.74, 6) is 1.14. The van der Waals surface area contributed by atoms with Gasteiger partial charge >= 0.3 is 0 Å². The molecule has 1 aliphatic heterocycles. The van der Waals surface area contributed by atoms with Gasteiger partial charge in [-0.05, 0) is 56.6 Å². The van der Waals surface area contributed by atoms with Gasteiger partial charge in [0.1, 0.15) is 6.61 Å². The van der Waals surface area contributed by atoms with Gasteiger partial charge in [0.25, 0.3) is 5.91 Å². The number of amides is 1. The van der Waals surface area contributed by atoms with Gasteiger partial charge in [-0.3, -0.25) is 9.59 Å². The predicted molar refractivity (Wildman–Crippen MR) is 124 cm³/mol. The van der Waals surface area contributed by atoms with Crippen LogP contribution in [0.25, 0.3) is 0 Å². The minimum atomic E-state index is -0.593. The van der Waals surface area contributed by atoms with E-state index in [9.17, 15) is 9.59 Å². The lowest BCUT2D eigenvalue weighted by Gasteiger charge is -2.32. The average molecular weight is 456 g/mol. The minimum Gasteiger partial charge on any atom is -0.478 e. The highest BCUT2D eigenvalue weighted by Crippen LogP contribution is 2.24. The maximum atomic E-state index is 12.1. The molecule has 2 aromatic rings. The normalized spacial score (nSPS) is 14.2. The number of rotatable bonds is 11. The fourth-order valence-electron chi connectivity index (χ4n) is 3.85. The molecule has 3 rings (SSSR count). The van der Waals surface area contributed by atoms with E-state index >= 15 is 0 Å². The van der Waals surface area contributed by atoms with E-state index in [0.29, 0.717) is 29.7 Å². The summed E-state index contributed by atoms with van der Waals surface area (Å²) in [4.78, 5) is 38.9. The van der Waals surface area contributed by atoms with Crippen molar-refractivity contribution in [3.05, 3.63) is 41.3 Å². The Morgan fingerprint density at radius 1 is 1.21 bits per heavy atom. The van der Waals surface area contributed by atoms with Crippen LogP contribution in [-0.4, -0.2) is 64.6 Å². The number of nitrogens with zero attached hydrogens (tertiary/aromatic N) is 4. The van der Waals surface area contributed by atoms with Gasteiger partial charge in [-0.15, -0.1) is 0 Å². The first-order valence-corrected chi connectivity index (χ1v) is 11.6. The Balaban J connectivity index is 1.36. The molecule has 0 aromatic carbocycles. The number of hydrogen-bond donors (Lipinski definition) is 2. The van der Waals surface area contributed by atoms with Crippen LogP contribution in [0.4, 0.5) is 5.95 Å². The molecule has 0 spiro atoms. The first-order valence-electron chi connectivity index (χ1n) is 11.6. The molecular weight excluding hydrogens is 422 g/mol. The summed E-state index contributed by atoms with van der Waals surface area (Å²) in [6.45, 7) is 5.56. The number of aliphatic hydroxyl groups excluding tert-OH is 1. The van der Waals surface area contributed by atoms with Crippen LogP contribution in [0.15, 0.2) is 24.5 Å². The van der Waals surface area contributed by atoms with Gasteiger partial charge in [0, 0.05) is 31.5 Å². The van der Waals surface area contributed by atoms with Crippen molar-refractivity contribution in [2.45, 2.75) is 46.0 Å². The number of aromatic nitrogens is 3. The minimum absolute atomic E-state index is 0.204. The molecule has 9 heteroatoms. The number of nitrogens with one attached hydrogen (secondary N) is 1. The molecule has 0 saturated carbocycles. The summed E-state index contributed by atoms with van der Waals surface area (Å²) in [7, 11) is 0. The second-order valence-electron chi connectivity index (χ2n) is 8.33. The first kappa shape index (κ1) is 24.6. The molecule has 2 N–H and O–H groups in total. The lowest BCUT2D eigenvalue weighted by molar-refractivity contribution is -0.120. The third-order valence-electron chi connectivity index (χ3n) is 5.93. The summed E-state index contributed by atoms with van der Waals surface area (Å²) in [6, 6.07) is 3.30. The van der Waals surface area contributed by atoms with Gasteiger partial charge in [-0.1, -0.05) is 6.92 Å². The monoisotopic (exact) mass is 455 g/mol. The molecule has 178 valence electrons. The second-order valence-corrected chi connectivity index (χ2v) is 8.33. The Bertz CT molecular complexity index is 927. The third-order valence-corrected chi connectivity index (χ3v) is 5.93. The van der Waals surface area contributed by atoms with Crippen LogP contribution in [0.5, 0.6) is 5.88 Å². The van der Waals surface area contributed by atoms with E-state index in [1.807, 2.05) is 12.4 Å². The lowest BCUT2D eigenvalue weighted by Crippen LogP contribution is -2.35. The Morgan fingerprint density at radius 3 is 2.58 bits per heavy atom. The van der Waals surface area contributed by atoms with Crippen LogP contribution in [-0.2, 0) is 11.2 Å². The Kier molecular flexibility index (Phi) is 9.12. The maximum absolute atomic E-state index is 12.1. The van der Waals surface area contributed by atoms with Crippen molar-refractivity contribution in [3.63, 3.8) is 0 Å². The number of anilines is 1. The van der Waals surface area contributed by atoms with E-state index in [2.05, 4.69) is 32.1 Å². The molecule has 0 unspecified atom stereocenters. The number of carbonyl (C=O) groups excluding carboxylic acids is 2. The highest BCUT2D eigenvalue weighted by Gasteiger charge is 2.20. The van der Waals surface area contributed by atoms with E-state index in [4.69, 9.17) is 9.84 Å². The highest BCUT2D eigenvalue weighted by atomic mass is 16.5. The highest BCUT2D eigenvalue weighted by molar-refractivity contribution is 5.97. The Hall–Kier alpha value is -3.07. The van der Waals surface area contributed by atoms with Crippen molar-refractivity contribution in [1.29, 1.82) is 0 Å². The molecule has 1 fully saturated rings. The molecular formula is C24H33N5O4. The Labute approximate surface area is 194 Å². The van der Waals surface area contributed by atoms with Crippen molar-refractivity contribution in [2.24, 2.45) is 5.92 Å². The molecule has 0 radical (unpaired) electrons. The molecule has 1 amide bonds. The number of pyridine rings is 1. The molecule has 3 heterocycles. The van der Waals surface area contributed by atoms with E-state index in [0.717, 1.165) is 56.7 Å². The number of aliphatic hydroxyl groups is 1. The molecule has 33 heavy (non-hydrogen) atoms. The summed E-state index contributed by atoms with van der Waals surface area (Å²) in [6.07, 6.45) is 9.07. The van der Waals surface area contributed by atoms with Crippen LogP contribution in [0, 0.1) is 12.8 Å². The maximum Gasteiger partial charge on any atom is 0.253 e. The number of ether oxygens (including phenoxy) is 1. The van der Waals surface area contributed by atoms with Gasteiger partial charge in [-0.25, -0.2) is 15.0 Å². The molecule has 1 aliphatic rings. The zero-order chi connectivity index (χ0) is 23.6. The predicted octanol–water partition coefficient (Wildman–Crippen LogP) is 2.11. The van der Waals surface area contributed by atoms with Gasteiger partial charge in [-0.2, -0.15) is 0 Å². The quantitative estimate of drug-likeness (QED) is 0.495. The van der Waals surface area contributed by atoms with Crippen molar-refractivity contribution >= 4 is 17.6 Å². The zero-order valence-corrected chi connectivity index (χ0v) is 19.4. The molecule has 2 aromatic heterocycles. The molecule has 0 aliphatic carbocycles. The van der Waals surface area contributed by atoms with Crippen LogP contribution >= 0.6 is 0 Å². The summed E-state index contributed by atoms with van der Waals surface area (Å²) >= 11 is 0. The molecule has 0 atom stereocenters. The van der Waals surface area contributed by atoms with Crippen LogP contribution < -0.4 is 15.0 Å². The number of piperidine rings is 1. The largest absolute Gasteiger partial charge is 0.478 e. The molecule has 9 nitrogen and oxygen atoms in total. The fourth-order valence-corrected chi connectivity index (χ4v) is 3.85. The third kappa shape index (κ3) is 7.21. The van der Waals surface area contributed by atoms with E-state index in [1.165, 1.54) is 0 Å². The number of aryl methyl sites for hydroxylation is 2. The average Bonchev–Trinajstić information content (AvgIpc) is 2.85. The van der Waals surface area contributed by atoms with Crippen molar-refractivity contribution in [2.75, 3.05) is 37.7 Å². The van der Waals surface area contributed by atoms with Crippen molar-refractivity contribution in [3.8, 4) is 5.88 Å². The Morgan fingerprint density at radius 2 is 1.94 bits per heavy atom. The standard InChI is InChI=1S/C24H33N5O4/c1-3-18-13-26-24(27-14-18)29-10-8-19(9-11-29)5-4-12-33-22-7-6-21(17(2)28-22)23(32)25-15-20(31)16-30/h6-7,13-14,19,30H,3-5,8-12,15-16H2,1-2H3,(H,25,32). The number of Topliss-reactive ketones (excluding diaryl/α,β-unsaturated/α-hetero) is 1. The topological polar surface area (TPSA) is 118 Å². The van der Waals surface area contributed by atoms with Crippen LogP contribution in [0.1, 0.15) is 54.2 Å². The van der Waals surface area contributed by atoms with Gasteiger partial charge < -0.3 is 20.1 Å². The summed E-state index contributed by atoms with van der Waals surface area (Å²) < 4.78 is 5.78. The van der Waals surface area contributed by atoms with Crippen LogP contribution in [0.2, 0.25) is 0 Å². The molecule has 0 bridgehead atoms. The second kappa shape index (κ2) is 12.2. The summed E-state index contributed by atoms with van der Waals surface area (Å²) in [5.41, 5.74) is 2.07. The number of carbonyl (C=O) groups is 2. The summed E-state index contributed by atoms with van der Waals surface area (Å²) in [5, 5.41) is 11.2. The van der Waals surface area contributed by atoms with E-state index < -0.39 is 18.3 Å². The zero-order valence-electron chi connectivity index (χ0n) is 19.4. The van der Waals surface area contributed by atoms with E-state index in [1.54, 1.807) is 19.1 Å². The lowest BCUT2D eigenvalue weighted by atomic mass is 9.92. The fraction of sp³-hybridized carbons (Fsp3) is 0.542. The first-order chi connectivity index (χ1) is 16.0. The van der Waals surface area contributed by atoms with Crippen molar-refractivity contribution in [1.82, 2.24) is 20.3 Å². The van der Waals surface area contributed by atoms with Gasteiger partial charge in [0.15, 0.2) is 5.78 Å². The SMILES string of the molecule is CCc1cnc(N2CCC(CCCOc3ccc(C(=O)NCC(=O)CO)c(C)n3)CC2)nc1. The van der Waals surface area contributed by atoms with Gasteiger partial charge in [0.2, 0.25) is 11.8 Å². The number of ketones is 1. The number of hydrogen-bond acceptors (Lipinski definition) is 8. The van der Waals surface area contributed by atoms with E-state index in [-0.39, 0.29) is 6.54 Å². The smallest absolute Gasteiger partial charge is 0.253 e. The molecule has 1 saturated heterocycles. The van der Waals surface area contributed by atoms with Crippen LogP contribution in [0.3, 0.4) is 0 Å². The van der Waals surface area contributed by atoms with Gasteiger partial charge in [0.05, 0.1) is 24.4 Å².